The van der Waals surface area contributed by atoms with Crippen LogP contribution in [0.5, 0.6) is 0 Å². The van der Waals surface area contributed by atoms with E-state index in [1.807, 2.05) is 24.5 Å². The first kappa shape index (κ1) is 13.6. The van der Waals surface area contributed by atoms with Crippen LogP contribution in [-0.4, -0.2) is 14.5 Å². The van der Waals surface area contributed by atoms with Crippen molar-refractivity contribution < 1.29 is 0 Å². The van der Waals surface area contributed by atoms with E-state index in [-0.39, 0.29) is 0 Å². The molecule has 6 heteroatoms. The van der Waals surface area contributed by atoms with E-state index in [1.54, 1.807) is 12.1 Å². The van der Waals surface area contributed by atoms with Gasteiger partial charge in [-0.25, -0.2) is 9.97 Å². The third kappa shape index (κ3) is 1.98. The lowest BCUT2D eigenvalue weighted by atomic mass is 10.2. The quantitative estimate of drug-likeness (QED) is 0.736. The summed E-state index contributed by atoms with van der Waals surface area (Å²) in [6.07, 6.45) is 1.46. The summed E-state index contributed by atoms with van der Waals surface area (Å²) < 4.78 is 2.85. The predicted molar refractivity (Wildman–Crippen MR) is 85.2 cm³/mol. The van der Waals surface area contributed by atoms with Gasteiger partial charge in [0, 0.05) is 10.2 Å². The van der Waals surface area contributed by atoms with Crippen LogP contribution in [0.15, 0.2) is 29.0 Å². The lowest BCUT2D eigenvalue weighted by Gasteiger charge is -2.10. The van der Waals surface area contributed by atoms with E-state index in [9.17, 15) is 0 Å². The van der Waals surface area contributed by atoms with Gasteiger partial charge in [-0.15, -0.1) is 0 Å². The number of rotatable bonds is 1. The van der Waals surface area contributed by atoms with Gasteiger partial charge < -0.3 is 5.73 Å². The number of aryl methyl sites for hydroxylation is 1. The lowest BCUT2D eigenvalue weighted by molar-refractivity contribution is 1.01. The fraction of sp³-hybridized carbons (Fsp3) is 0.133. The van der Waals surface area contributed by atoms with Crippen LogP contribution in [0.4, 0.5) is 5.82 Å². The predicted octanol–water partition coefficient (Wildman–Crippen LogP) is 3.25. The van der Waals surface area contributed by atoms with Crippen LogP contribution in [0.1, 0.15) is 16.8 Å². The van der Waals surface area contributed by atoms with Crippen LogP contribution in [0.25, 0.3) is 16.7 Å². The molecule has 2 heterocycles. The van der Waals surface area contributed by atoms with E-state index in [2.05, 4.69) is 32.0 Å². The topological polar surface area (TPSA) is 80.5 Å². The number of nitrogens with zero attached hydrogens (tertiary/aromatic N) is 4. The van der Waals surface area contributed by atoms with Gasteiger partial charge in [-0.05, 0) is 53.5 Å². The minimum Gasteiger partial charge on any atom is -0.383 e. The number of fused-ring (bicyclic) bond motifs is 1. The number of aromatic nitrogens is 3. The highest BCUT2D eigenvalue weighted by atomic mass is 79.9. The summed E-state index contributed by atoms with van der Waals surface area (Å²) in [6.45, 7) is 4.02. The first-order valence-corrected chi connectivity index (χ1v) is 7.12. The number of hydrogen-bond donors (Lipinski definition) is 1. The first-order valence-electron chi connectivity index (χ1n) is 6.32. The van der Waals surface area contributed by atoms with Crippen molar-refractivity contribution in [1.29, 1.82) is 5.26 Å². The van der Waals surface area contributed by atoms with E-state index in [0.29, 0.717) is 11.4 Å². The lowest BCUT2D eigenvalue weighted by Crippen LogP contribution is -2.00. The maximum absolute atomic E-state index is 8.98. The normalized spacial score (nSPS) is 10.8. The molecule has 0 saturated carbocycles. The third-order valence-electron chi connectivity index (χ3n) is 3.64. The molecule has 0 radical (unpaired) electrons. The SMILES string of the molecule is Cc1c(C)n(-c2ccc(C#N)cc2Br)c2ncnc(N)c12. The molecular formula is C15H12BrN5. The third-order valence-corrected chi connectivity index (χ3v) is 4.27. The molecule has 2 N–H and O–H groups in total. The second-order valence-corrected chi connectivity index (χ2v) is 5.64. The zero-order valence-corrected chi connectivity index (χ0v) is 13.1. The van der Waals surface area contributed by atoms with E-state index < -0.39 is 0 Å². The summed E-state index contributed by atoms with van der Waals surface area (Å²) in [6, 6.07) is 7.60. The Hall–Kier alpha value is -2.39. The number of hydrogen-bond acceptors (Lipinski definition) is 4. The highest BCUT2D eigenvalue weighted by molar-refractivity contribution is 9.10. The molecule has 0 aliphatic rings. The highest BCUT2D eigenvalue weighted by Gasteiger charge is 2.17. The Morgan fingerprint density at radius 3 is 2.71 bits per heavy atom. The molecule has 0 saturated heterocycles. The highest BCUT2D eigenvalue weighted by Crippen LogP contribution is 2.32. The largest absolute Gasteiger partial charge is 0.383 e. The van der Waals surface area contributed by atoms with Crippen LogP contribution in [-0.2, 0) is 0 Å². The summed E-state index contributed by atoms with van der Waals surface area (Å²) in [4.78, 5) is 8.43. The number of nitriles is 1. The van der Waals surface area contributed by atoms with Gasteiger partial charge in [0.25, 0.3) is 0 Å². The van der Waals surface area contributed by atoms with Gasteiger partial charge in [0.2, 0.25) is 0 Å². The molecule has 104 valence electrons. The Morgan fingerprint density at radius 1 is 1.29 bits per heavy atom. The molecule has 3 rings (SSSR count). The van der Waals surface area contributed by atoms with Crippen molar-refractivity contribution in [2.45, 2.75) is 13.8 Å². The molecule has 3 aromatic rings. The standard InChI is InChI=1S/C15H12BrN5/c1-8-9(2)21(15-13(8)14(18)19-7-20-15)12-4-3-10(6-17)5-11(12)16/h3-5,7H,1-2H3,(H2,18,19,20). The number of anilines is 1. The minimum absolute atomic E-state index is 0.476. The van der Waals surface area contributed by atoms with Crippen molar-refractivity contribution in [2.24, 2.45) is 0 Å². The Kier molecular flexibility index (Phi) is 3.15. The van der Waals surface area contributed by atoms with Gasteiger partial charge in [-0.2, -0.15) is 5.26 Å². The van der Waals surface area contributed by atoms with E-state index >= 15 is 0 Å². The van der Waals surface area contributed by atoms with Crippen LogP contribution in [0, 0.1) is 25.2 Å². The molecule has 0 fully saturated rings. The number of halogens is 1. The van der Waals surface area contributed by atoms with Gasteiger partial charge in [-0.3, -0.25) is 4.57 Å². The first-order chi connectivity index (χ1) is 10.0. The fourth-order valence-electron chi connectivity index (χ4n) is 2.48. The summed E-state index contributed by atoms with van der Waals surface area (Å²) in [7, 11) is 0. The van der Waals surface area contributed by atoms with Crippen molar-refractivity contribution in [1.82, 2.24) is 14.5 Å². The maximum atomic E-state index is 8.98. The molecule has 0 bridgehead atoms. The molecule has 0 aliphatic heterocycles. The summed E-state index contributed by atoms with van der Waals surface area (Å²) in [5.41, 5.74) is 10.4. The molecule has 2 aromatic heterocycles. The Balaban J connectivity index is 2.39. The summed E-state index contributed by atoms with van der Waals surface area (Å²) >= 11 is 3.53. The van der Waals surface area contributed by atoms with Crippen molar-refractivity contribution in [3.63, 3.8) is 0 Å². The Labute approximate surface area is 130 Å². The molecule has 0 aliphatic carbocycles. The molecule has 0 atom stereocenters. The second kappa shape index (κ2) is 4.86. The Morgan fingerprint density at radius 2 is 2.05 bits per heavy atom. The fourth-order valence-corrected chi connectivity index (χ4v) is 3.03. The summed E-state index contributed by atoms with van der Waals surface area (Å²) in [5.74, 6) is 0.476. The molecule has 5 nitrogen and oxygen atoms in total. The van der Waals surface area contributed by atoms with Crippen LogP contribution >= 0.6 is 15.9 Å². The van der Waals surface area contributed by atoms with Gasteiger partial charge in [0.1, 0.15) is 12.1 Å². The molecule has 0 unspecified atom stereocenters. The molecule has 0 amide bonds. The number of nitrogens with two attached hydrogens (primary N) is 1. The smallest absolute Gasteiger partial charge is 0.150 e. The zero-order chi connectivity index (χ0) is 15.1. The van der Waals surface area contributed by atoms with E-state index in [1.165, 1.54) is 6.33 Å². The van der Waals surface area contributed by atoms with Crippen molar-refractivity contribution in [2.75, 3.05) is 5.73 Å². The minimum atomic E-state index is 0.476. The molecular weight excluding hydrogens is 330 g/mol. The van der Waals surface area contributed by atoms with Gasteiger partial charge in [0.05, 0.1) is 22.7 Å². The van der Waals surface area contributed by atoms with Gasteiger partial charge in [-0.1, -0.05) is 0 Å². The molecule has 21 heavy (non-hydrogen) atoms. The number of benzene rings is 1. The Bertz CT molecular complexity index is 905. The average molecular weight is 342 g/mol. The van der Waals surface area contributed by atoms with Crippen LogP contribution < -0.4 is 5.73 Å². The van der Waals surface area contributed by atoms with Crippen LogP contribution in [0.2, 0.25) is 0 Å². The van der Waals surface area contributed by atoms with Gasteiger partial charge >= 0.3 is 0 Å². The average Bonchev–Trinajstić information content (AvgIpc) is 2.72. The van der Waals surface area contributed by atoms with E-state index in [0.717, 1.165) is 32.5 Å². The van der Waals surface area contributed by atoms with Crippen molar-refractivity contribution >= 4 is 32.8 Å². The number of nitrogen functional groups attached to an aromatic ring is 1. The van der Waals surface area contributed by atoms with Crippen molar-refractivity contribution in [3.05, 3.63) is 45.8 Å². The monoisotopic (exact) mass is 341 g/mol. The van der Waals surface area contributed by atoms with Crippen molar-refractivity contribution in [3.8, 4) is 11.8 Å². The molecule has 0 spiro atoms. The van der Waals surface area contributed by atoms with Gasteiger partial charge in [0.15, 0.2) is 5.65 Å². The molecule has 1 aromatic carbocycles. The maximum Gasteiger partial charge on any atom is 0.150 e. The summed E-state index contributed by atoms with van der Waals surface area (Å²) in [5, 5.41) is 9.84. The zero-order valence-electron chi connectivity index (χ0n) is 11.6. The van der Waals surface area contributed by atoms with E-state index in [4.69, 9.17) is 11.0 Å². The van der Waals surface area contributed by atoms with Crippen LogP contribution in [0.3, 0.4) is 0 Å². The second-order valence-electron chi connectivity index (χ2n) is 4.78.